The molecule has 0 unspecified atom stereocenters. The number of fused-ring (bicyclic) bond motifs is 1. The zero-order valence-corrected chi connectivity index (χ0v) is 18.5. The Morgan fingerprint density at radius 3 is 2.26 bits per heavy atom. The highest BCUT2D eigenvalue weighted by atomic mass is 16.5. The van der Waals surface area contributed by atoms with E-state index < -0.39 is 18.5 Å². The van der Waals surface area contributed by atoms with Gasteiger partial charge in [0.1, 0.15) is 17.0 Å². The summed E-state index contributed by atoms with van der Waals surface area (Å²) in [6.45, 7) is -0.441. The Balaban J connectivity index is 1.20. The quantitative estimate of drug-likeness (QED) is 0.294. The summed E-state index contributed by atoms with van der Waals surface area (Å²) in [5, 5.41) is 2.70. The third kappa shape index (κ3) is 5.20. The molecule has 0 spiro atoms. The number of nitrogens with zero attached hydrogens (tertiary/aromatic N) is 1. The van der Waals surface area contributed by atoms with Gasteiger partial charge in [0.25, 0.3) is 5.91 Å². The highest BCUT2D eigenvalue weighted by Gasteiger charge is 2.19. The maximum Gasteiger partial charge on any atom is 0.339 e. The first-order valence-corrected chi connectivity index (χ1v) is 10.9. The van der Waals surface area contributed by atoms with Crippen LogP contribution in [0.5, 0.6) is 11.5 Å². The van der Waals surface area contributed by atoms with Crippen LogP contribution in [0.25, 0.3) is 22.6 Å². The molecule has 0 aliphatic rings. The van der Waals surface area contributed by atoms with Crippen LogP contribution >= 0.6 is 0 Å². The van der Waals surface area contributed by atoms with Crippen molar-refractivity contribution in [1.29, 1.82) is 0 Å². The van der Waals surface area contributed by atoms with Crippen LogP contribution in [0.1, 0.15) is 10.4 Å². The fourth-order valence-electron chi connectivity index (χ4n) is 3.47. The number of ether oxygens (including phenoxy) is 2. The largest absolute Gasteiger partial charge is 0.457 e. The molecule has 0 atom stereocenters. The minimum Gasteiger partial charge on any atom is -0.457 e. The average Bonchev–Trinajstić information content (AvgIpc) is 3.33. The van der Waals surface area contributed by atoms with Gasteiger partial charge in [0, 0.05) is 5.69 Å². The molecule has 5 aromatic rings. The van der Waals surface area contributed by atoms with E-state index in [1.165, 1.54) is 0 Å². The van der Waals surface area contributed by atoms with Gasteiger partial charge in [-0.2, -0.15) is 0 Å². The van der Waals surface area contributed by atoms with Gasteiger partial charge in [-0.1, -0.05) is 42.5 Å². The van der Waals surface area contributed by atoms with E-state index in [1.807, 2.05) is 48.5 Å². The topological polar surface area (TPSA) is 90.7 Å². The van der Waals surface area contributed by atoms with Gasteiger partial charge in [-0.3, -0.25) is 4.79 Å². The predicted octanol–water partition coefficient (Wildman–Crippen LogP) is 6.08. The van der Waals surface area contributed by atoms with Gasteiger partial charge in [-0.15, -0.1) is 0 Å². The Bertz CT molecular complexity index is 1440. The Kier molecular flexibility index (Phi) is 6.21. The highest BCUT2D eigenvalue weighted by molar-refractivity contribution is 5.99. The Hall–Kier alpha value is -4.91. The lowest BCUT2D eigenvalue weighted by Gasteiger charge is -2.09. The van der Waals surface area contributed by atoms with Crippen LogP contribution in [0, 0.1) is 0 Å². The Morgan fingerprint density at radius 2 is 1.46 bits per heavy atom. The number of carbonyl (C=O) groups excluding carboxylic acids is 2. The van der Waals surface area contributed by atoms with Crippen LogP contribution in [0.2, 0.25) is 0 Å². The lowest BCUT2D eigenvalue weighted by Crippen LogP contribution is -2.21. The Morgan fingerprint density at radius 1 is 0.771 bits per heavy atom. The van der Waals surface area contributed by atoms with Crippen molar-refractivity contribution in [3.8, 4) is 23.0 Å². The lowest BCUT2D eigenvalue weighted by atomic mass is 10.1. The van der Waals surface area contributed by atoms with E-state index in [0.717, 1.165) is 0 Å². The number of hydrogen-bond acceptors (Lipinski definition) is 6. The number of anilines is 1. The second kappa shape index (κ2) is 9.93. The fourth-order valence-corrected chi connectivity index (χ4v) is 3.47. The van der Waals surface area contributed by atoms with Crippen molar-refractivity contribution >= 4 is 28.7 Å². The van der Waals surface area contributed by atoms with Crippen molar-refractivity contribution in [2.24, 2.45) is 0 Å². The number of hydrogen-bond donors (Lipinski definition) is 1. The molecule has 5 rings (SSSR count). The smallest absolute Gasteiger partial charge is 0.339 e. The van der Waals surface area contributed by atoms with E-state index >= 15 is 0 Å². The normalized spacial score (nSPS) is 10.6. The maximum atomic E-state index is 12.7. The number of benzene rings is 4. The van der Waals surface area contributed by atoms with Crippen molar-refractivity contribution in [2.75, 3.05) is 11.9 Å². The number of oxazole rings is 1. The molecule has 0 fully saturated rings. The molecule has 1 aromatic heterocycles. The van der Waals surface area contributed by atoms with Gasteiger partial charge in [-0.25, -0.2) is 9.78 Å². The van der Waals surface area contributed by atoms with Gasteiger partial charge in [0.05, 0.1) is 11.1 Å². The van der Waals surface area contributed by atoms with Crippen LogP contribution in [0.15, 0.2) is 108 Å². The van der Waals surface area contributed by atoms with Crippen LogP contribution in [-0.4, -0.2) is 23.5 Å². The zero-order chi connectivity index (χ0) is 24.0. The van der Waals surface area contributed by atoms with Crippen LogP contribution in [0.3, 0.4) is 0 Å². The van der Waals surface area contributed by atoms with E-state index in [2.05, 4.69) is 10.3 Å². The third-order valence-corrected chi connectivity index (χ3v) is 5.12. The second-order valence-corrected chi connectivity index (χ2v) is 7.60. The zero-order valence-electron chi connectivity index (χ0n) is 18.5. The van der Waals surface area contributed by atoms with Gasteiger partial charge in [0.15, 0.2) is 12.2 Å². The summed E-state index contributed by atoms with van der Waals surface area (Å²) in [4.78, 5) is 29.5. The summed E-state index contributed by atoms with van der Waals surface area (Å²) in [5.41, 5.74) is 2.60. The van der Waals surface area contributed by atoms with E-state index in [1.54, 1.807) is 54.6 Å². The number of para-hydroxylation sites is 3. The first-order valence-electron chi connectivity index (χ1n) is 10.9. The summed E-state index contributed by atoms with van der Waals surface area (Å²) in [7, 11) is 0. The molecule has 0 saturated carbocycles. The minimum absolute atomic E-state index is 0.259. The minimum atomic E-state index is -0.649. The number of amides is 1. The molecule has 1 heterocycles. The SMILES string of the molecule is O=C(COC(=O)c1ccccc1-c1nc2ccccc2o1)Nc1ccc(Oc2ccccc2)cc1. The van der Waals surface area contributed by atoms with E-state index in [9.17, 15) is 9.59 Å². The van der Waals surface area contributed by atoms with Crippen molar-refractivity contribution in [3.05, 3.63) is 109 Å². The molecule has 4 aromatic carbocycles. The first kappa shape index (κ1) is 21.9. The highest BCUT2D eigenvalue weighted by Crippen LogP contribution is 2.27. The van der Waals surface area contributed by atoms with Crippen LogP contribution < -0.4 is 10.1 Å². The monoisotopic (exact) mass is 464 g/mol. The molecule has 0 aliphatic carbocycles. The van der Waals surface area contributed by atoms with Crippen molar-refractivity contribution in [3.63, 3.8) is 0 Å². The molecule has 1 amide bonds. The molecule has 1 N–H and O–H groups in total. The number of rotatable bonds is 7. The summed E-state index contributed by atoms with van der Waals surface area (Å²) in [6, 6.07) is 30.4. The molecule has 7 nitrogen and oxygen atoms in total. The summed E-state index contributed by atoms with van der Waals surface area (Å²) >= 11 is 0. The van der Waals surface area contributed by atoms with Crippen molar-refractivity contribution < 1.29 is 23.5 Å². The molecule has 0 aliphatic heterocycles. The maximum absolute atomic E-state index is 12.7. The Labute approximate surface area is 200 Å². The number of aromatic nitrogens is 1. The molecular formula is C28H20N2O5. The average molecular weight is 464 g/mol. The van der Waals surface area contributed by atoms with Crippen molar-refractivity contribution in [1.82, 2.24) is 4.98 Å². The summed E-state index contributed by atoms with van der Waals surface area (Å²) < 4.78 is 16.8. The predicted molar refractivity (Wildman–Crippen MR) is 131 cm³/mol. The second-order valence-electron chi connectivity index (χ2n) is 7.60. The van der Waals surface area contributed by atoms with Crippen LogP contribution in [-0.2, 0) is 9.53 Å². The van der Waals surface area contributed by atoms with Crippen molar-refractivity contribution in [2.45, 2.75) is 0 Å². The van der Waals surface area contributed by atoms with Gasteiger partial charge in [0.2, 0.25) is 5.89 Å². The fraction of sp³-hybridized carbons (Fsp3) is 0.0357. The third-order valence-electron chi connectivity index (χ3n) is 5.12. The lowest BCUT2D eigenvalue weighted by molar-refractivity contribution is -0.119. The molecule has 7 heteroatoms. The first-order chi connectivity index (χ1) is 17.2. The number of nitrogens with one attached hydrogen (secondary N) is 1. The van der Waals surface area contributed by atoms with E-state index in [0.29, 0.717) is 39.7 Å². The molecule has 0 radical (unpaired) electrons. The molecule has 35 heavy (non-hydrogen) atoms. The molecule has 0 saturated heterocycles. The van der Waals surface area contributed by atoms with E-state index in [-0.39, 0.29) is 5.56 Å². The number of carbonyl (C=O) groups is 2. The van der Waals surface area contributed by atoms with Crippen LogP contribution in [0.4, 0.5) is 5.69 Å². The van der Waals surface area contributed by atoms with E-state index in [4.69, 9.17) is 13.9 Å². The standard InChI is InChI=1S/C28H20N2O5/c31-26(29-19-14-16-21(17-15-19)34-20-8-2-1-3-9-20)18-33-28(32)23-11-5-4-10-22(23)27-30-24-12-6-7-13-25(24)35-27/h1-17H,18H2,(H,29,31). The van der Waals surface area contributed by atoms with Gasteiger partial charge in [-0.05, 0) is 60.7 Å². The van der Waals surface area contributed by atoms with Gasteiger partial charge < -0.3 is 19.2 Å². The van der Waals surface area contributed by atoms with Gasteiger partial charge >= 0.3 is 5.97 Å². The molecular weight excluding hydrogens is 444 g/mol. The molecule has 0 bridgehead atoms. The molecule has 172 valence electrons. The number of esters is 1. The summed E-state index contributed by atoms with van der Waals surface area (Å²) in [6.07, 6.45) is 0. The summed E-state index contributed by atoms with van der Waals surface area (Å²) in [5.74, 6) is 0.547.